The molecular formula is C17H24BrNO5. The van der Waals surface area contributed by atoms with Gasteiger partial charge in [-0.25, -0.2) is 4.79 Å². The van der Waals surface area contributed by atoms with E-state index in [0.717, 1.165) is 5.56 Å². The maximum absolute atomic E-state index is 11.9. The molecule has 0 heterocycles. The molecule has 0 saturated heterocycles. The van der Waals surface area contributed by atoms with Crippen molar-refractivity contribution in [3.8, 4) is 0 Å². The zero-order valence-corrected chi connectivity index (χ0v) is 15.7. The number of carbonyl (C=O) groups is 2. The van der Waals surface area contributed by atoms with Crippen LogP contribution in [0, 0.1) is 0 Å². The summed E-state index contributed by atoms with van der Waals surface area (Å²) in [5.41, 5.74) is 0.215. The van der Waals surface area contributed by atoms with Gasteiger partial charge in [-0.15, -0.1) is 0 Å². The highest BCUT2D eigenvalue weighted by Crippen LogP contribution is 2.12. The number of nitrogens with one attached hydrogen (secondary N) is 1. The molecule has 0 fully saturated rings. The molecule has 0 radical (unpaired) electrons. The molecule has 6 nitrogen and oxygen atoms in total. The number of hydrogen-bond acceptors (Lipinski definition) is 5. The van der Waals surface area contributed by atoms with E-state index in [-0.39, 0.29) is 18.4 Å². The number of rotatable bonds is 7. The zero-order valence-electron chi connectivity index (χ0n) is 14.1. The highest BCUT2D eigenvalue weighted by molar-refractivity contribution is 9.09. The molecule has 1 rings (SSSR count). The highest BCUT2D eigenvalue weighted by Gasteiger charge is 2.27. The van der Waals surface area contributed by atoms with E-state index >= 15 is 0 Å². The first-order valence-electron chi connectivity index (χ1n) is 7.64. The number of esters is 1. The summed E-state index contributed by atoms with van der Waals surface area (Å²) >= 11 is 3.14. The lowest BCUT2D eigenvalue weighted by Crippen LogP contribution is -2.46. The molecule has 7 heteroatoms. The van der Waals surface area contributed by atoms with Crippen molar-refractivity contribution in [2.45, 2.75) is 51.5 Å². The second kappa shape index (κ2) is 9.64. The van der Waals surface area contributed by atoms with Crippen molar-refractivity contribution in [2.75, 3.05) is 5.33 Å². The quantitative estimate of drug-likeness (QED) is 0.541. The molecule has 0 aliphatic rings. The normalized spacial score (nSPS) is 13.7. The maximum Gasteiger partial charge on any atom is 0.407 e. The Balaban J connectivity index is 2.55. The number of alkyl halides is 1. The fraction of sp³-hybridized carbons (Fsp3) is 0.529. The standard InChI is InChI=1S/C17H24BrNO5/c1-17(2,3)24-15(21)9-13(14(20)10-18)19-16(22)23-11-12-7-5-4-6-8-12/h4-8,13-14,20H,9-11H2,1-3H3,(H,19,22)/t13-,14?/m0/s1. The fourth-order valence-electron chi connectivity index (χ4n) is 1.87. The number of carbonyl (C=O) groups excluding carboxylic acids is 2. The average Bonchev–Trinajstić information content (AvgIpc) is 2.50. The van der Waals surface area contributed by atoms with Crippen molar-refractivity contribution in [1.82, 2.24) is 5.32 Å². The van der Waals surface area contributed by atoms with Crippen LogP contribution in [0.5, 0.6) is 0 Å². The summed E-state index contributed by atoms with van der Waals surface area (Å²) in [6.07, 6.45) is -1.79. The van der Waals surface area contributed by atoms with Gasteiger partial charge < -0.3 is 19.9 Å². The van der Waals surface area contributed by atoms with Crippen LogP contribution in [0.2, 0.25) is 0 Å². The molecule has 1 aromatic carbocycles. The molecular weight excluding hydrogens is 378 g/mol. The number of aliphatic hydroxyl groups excluding tert-OH is 1. The Labute approximate surface area is 150 Å². The van der Waals surface area contributed by atoms with Gasteiger partial charge in [-0.05, 0) is 26.3 Å². The van der Waals surface area contributed by atoms with Crippen LogP contribution in [-0.4, -0.2) is 40.2 Å². The first kappa shape index (κ1) is 20.4. The van der Waals surface area contributed by atoms with Crippen molar-refractivity contribution in [3.05, 3.63) is 35.9 Å². The molecule has 2 atom stereocenters. The van der Waals surface area contributed by atoms with E-state index in [0.29, 0.717) is 0 Å². The second-order valence-electron chi connectivity index (χ2n) is 6.32. The minimum Gasteiger partial charge on any atom is -0.460 e. The van der Waals surface area contributed by atoms with Crippen molar-refractivity contribution in [1.29, 1.82) is 0 Å². The largest absolute Gasteiger partial charge is 0.460 e. The SMILES string of the molecule is CC(C)(C)OC(=O)C[C@H](NC(=O)OCc1ccccc1)C(O)CBr. The van der Waals surface area contributed by atoms with Gasteiger partial charge in [-0.3, -0.25) is 4.79 Å². The summed E-state index contributed by atoms with van der Waals surface area (Å²) in [4.78, 5) is 23.8. The van der Waals surface area contributed by atoms with Crippen LogP contribution in [0.3, 0.4) is 0 Å². The molecule has 0 aliphatic carbocycles. The third-order valence-corrected chi connectivity index (χ3v) is 3.61. The summed E-state index contributed by atoms with van der Waals surface area (Å²) < 4.78 is 10.3. The van der Waals surface area contributed by atoms with Crippen LogP contribution in [-0.2, 0) is 20.9 Å². The smallest absolute Gasteiger partial charge is 0.407 e. The fourth-order valence-corrected chi connectivity index (χ4v) is 2.32. The molecule has 0 saturated carbocycles. The Morgan fingerprint density at radius 2 is 1.88 bits per heavy atom. The monoisotopic (exact) mass is 401 g/mol. The van der Waals surface area contributed by atoms with Gasteiger partial charge in [0.2, 0.25) is 0 Å². The van der Waals surface area contributed by atoms with E-state index in [1.54, 1.807) is 20.8 Å². The molecule has 0 bridgehead atoms. The Hall–Kier alpha value is -1.60. The van der Waals surface area contributed by atoms with E-state index in [9.17, 15) is 14.7 Å². The lowest BCUT2D eigenvalue weighted by atomic mass is 10.1. The van der Waals surface area contributed by atoms with Crippen LogP contribution in [0.4, 0.5) is 4.79 Å². The van der Waals surface area contributed by atoms with E-state index in [1.807, 2.05) is 30.3 Å². The molecule has 1 unspecified atom stereocenters. The Bertz CT molecular complexity index is 530. The third kappa shape index (κ3) is 8.31. The number of hydrogen-bond donors (Lipinski definition) is 2. The van der Waals surface area contributed by atoms with Gasteiger partial charge in [-0.2, -0.15) is 0 Å². The molecule has 0 aromatic heterocycles. The summed E-state index contributed by atoms with van der Waals surface area (Å²) in [6.45, 7) is 5.36. The molecule has 1 aromatic rings. The molecule has 0 spiro atoms. The Kier molecular flexibility index (Phi) is 8.21. The van der Waals surface area contributed by atoms with Crippen LogP contribution < -0.4 is 5.32 Å². The number of ether oxygens (including phenoxy) is 2. The molecule has 1 amide bonds. The van der Waals surface area contributed by atoms with E-state index in [4.69, 9.17) is 9.47 Å². The van der Waals surface area contributed by atoms with Gasteiger partial charge in [0.15, 0.2) is 0 Å². The van der Waals surface area contributed by atoms with Crippen LogP contribution in [0.1, 0.15) is 32.8 Å². The Morgan fingerprint density at radius 1 is 1.25 bits per heavy atom. The van der Waals surface area contributed by atoms with Crippen molar-refractivity contribution in [2.24, 2.45) is 0 Å². The molecule has 2 N–H and O–H groups in total. The van der Waals surface area contributed by atoms with E-state index in [1.165, 1.54) is 0 Å². The third-order valence-electron chi connectivity index (χ3n) is 2.95. The summed E-state index contributed by atoms with van der Waals surface area (Å²) in [5, 5.41) is 12.7. The van der Waals surface area contributed by atoms with Crippen LogP contribution in [0.25, 0.3) is 0 Å². The molecule has 0 aliphatic heterocycles. The summed E-state index contributed by atoms with van der Waals surface area (Å²) in [7, 11) is 0. The summed E-state index contributed by atoms with van der Waals surface area (Å²) in [6, 6.07) is 8.42. The maximum atomic E-state index is 11.9. The number of halogens is 1. The topological polar surface area (TPSA) is 84.9 Å². The second-order valence-corrected chi connectivity index (χ2v) is 6.97. The van der Waals surface area contributed by atoms with Gasteiger partial charge >= 0.3 is 12.1 Å². The van der Waals surface area contributed by atoms with Gasteiger partial charge in [0.25, 0.3) is 0 Å². The van der Waals surface area contributed by atoms with Crippen molar-refractivity contribution < 1.29 is 24.2 Å². The van der Waals surface area contributed by atoms with E-state index in [2.05, 4.69) is 21.2 Å². The predicted molar refractivity (Wildman–Crippen MR) is 93.8 cm³/mol. The van der Waals surface area contributed by atoms with Crippen molar-refractivity contribution >= 4 is 28.0 Å². The molecule has 24 heavy (non-hydrogen) atoms. The number of benzene rings is 1. The Morgan fingerprint density at radius 3 is 2.42 bits per heavy atom. The van der Waals surface area contributed by atoms with Gasteiger partial charge in [0.1, 0.15) is 12.2 Å². The minimum absolute atomic E-state index is 0.107. The van der Waals surface area contributed by atoms with Gasteiger partial charge in [-0.1, -0.05) is 46.3 Å². The lowest BCUT2D eigenvalue weighted by molar-refractivity contribution is -0.156. The number of aliphatic hydroxyl groups is 1. The number of alkyl carbamates (subject to hydrolysis) is 1. The minimum atomic E-state index is -0.943. The van der Waals surface area contributed by atoms with Crippen molar-refractivity contribution in [3.63, 3.8) is 0 Å². The average molecular weight is 402 g/mol. The first-order chi connectivity index (χ1) is 11.2. The van der Waals surface area contributed by atoms with Crippen LogP contribution in [0.15, 0.2) is 30.3 Å². The molecule has 134 valence electrons. The van der Waals surface area contributed by atoms with Crippen LogP contribution >= 0.6 is 15.9 Å². The summed E-state index contributed by atoms with van der Waals surface area (Å²) in [5.74, 6) is -0.504. The zero-order chi connectivity index (χ0) is 18.2. The van der Waals surface area contributed by atoms with Gasteiger partial charge in [0, 0.05) is 5.33 Å². The number of amides is 1. The predicted octanol–water partition coefficient (Wildman–Crippen LogP) is 2.77. The van der Waals surface area contributed by atoms with E-state index < -0.39 is 29.8 Å². The highest BCUT2D eigenvalue weighted by atomic mass is 79.9. The lowest BCUT2D eigenvalue weighted by Gasteiger charge is -2.25. The van der Waals surface area contributed by atoms with Gasteiger partial charge in [0.05, 0.1) is 18.6 Å². The first-order valence-corrected chi connectivity index (χ1v) is 8.76.